The summed E-state index contributed by atoms with van der Waals surface area (Å²) < 4.78 is 13.6. The summed E-state index contributed by atoms with van der Waals surface area (Å²) in [4.78, 5) is 0. The van der Waals surface area contributed by atoms with E-state index in [0.717, 1.165) is 36.1 Å². The van der Waals surface area contributed by atoms with Gasteiger partial charge >= 0.3 is 0 Å². The standard InChI is InChI=1S/C16H21N3O2/c1-3-20-13-7-9-14(10-8-13)21-12(2)16-18-17-15-6-4-5-11-19(15)16/h7-10,12H,3-6,11H2,1-2H3. The number of rotatable bonds is 5. The van der Waals surface area contributed by atoms with Gasteiger partial charge in [-0.05, 0) is 51.0 Å². The minimum absolute atomic E-state index is 0.109. The van der Waals surface area contributed by atoms with Crippen LogP contribution in [0.15, 0.2) is 24.3 Å². The summed E-state index contributed by atoms with van der Waals surface area (Å²) in [6.07, 6.45) is 3.30. The van der Waals surface area contributed by atoms with Crippen molar-refractivity contribution in [1.29, 1.82) is 0 Å². The monoisotopic (exact) mass is 287 g/mol. The van der Waals surface area contributed by atoms with Gasteiger partial charge in [-0.2, -0.15) is 0 Å². The Bertz CT molecular complexity index is 592. The van der Waals surface area contributed by atoms with Crippen LogP contribution in [-0.4, -0.2) is 21.4 Å². The van der Waals surface area contributed by atoms with Crippen LogP contribution in [0.1, 0.15) is 44.4 Å². The zero-order valence-corrected chi connectivity index (χ0v) is 12.6. The Morgan fingerprint density at radius 3 is 2.67 bits per heavy atom. The summed E-state index contributed by atoms with van der Waals surface area (Å²) in [5, 5.41) is 8.57. The van der Waals surface area contributed by atoms with E-state index in [1.165, 1.54) is 12.8 Å². The van der Waals surface area contributed by atoms with Crippen molar-refractivity contribution in [2.45, 2.75) is 45.8 Å². The van der Waals surface area contributed by atoms with Crippen molar-refractivity contribution in [2.75, 3.05) is 6.61 Å². The first-order valence-electron chi connectivity index (χ1n) is 7.59. The SMILES string of the molecule is CCOc1ccc(OC(C)c2nnc3n2CCCC3)cc1. The molecule has 0 spiro atoms. The van der Waals surface area contributed by atoms with E-state index in [2.05, 4.69) is 14.8 Å². The molecule has 2 aromatic rings. The van der Waals surface area contributed by atoms with E-state index in [-0.39, 0.29) is 6.10 Å². The van der Waals surface area contributed by atoms with E-state index in [1.807, 2.05) is 38.1 Å². The predicted molar refractivity (Wildman–Crippen MR) is 79.6 cm³/mol. The van der Waals surface area contributed by atoms with Gasteiger partial charge in [0.2, 0.25) is 0 Å². The highest BCUT2D eigenvalue weighted by atomic mass is 16.5. The smallest absolute Gasteiger partial charge is 0.173 e. The third-order valence-electron chi connectivity index (χ3n) is 3.70. The van der Waals surface area contributed by atoms with Gasteiger partial charge in [0.25, 0.3) is 0 Å². The third kappa shape index (κ3) is 3.01. The fourth-order valence-corrected chi connectivity index (χ4v) is 2.67. The lowest BCUT2D eigenvalue weighted by atomic mass is 10.1. The van der Waals surface area contributed by atoms with E-state index in [0.29, 0.717) is 6.61 Å². The topological polar surface area (TPSA) is 49.2 Å². The van der Waals surface area contributed by atoms with Crippen molar-refractivity contribution in [3.63, 3.8) is 0 Å². The molecule has 1 atom stereocenters. The Hall–Kier alpha value is -2.04. The van der Waals surface area contributed by atoms with Gasteiger partial charge in [-0.15, -0.1) is 10.2 Å². The highest BCUT2D eigenvalue weighted by molar-refractivity contribution is 5.31. The summed E-state index contributed by atoms with van der Waals surface area (Å²) in [6.45, 7) is 5.65. The maximum atomic E-state index is 5.98. The Balaban J connectivity index is 1.71. The molecule has 21 heavy (non-hydrogen) atoms. The molecule has 0 aliphatic carbocycles. The van der Waals surface area contributed by atoms with E-state index in [4.69, 9.17) is 9.47 Å². The minimum atomic E-state index is -0.109. The van der Waals surface area contributed by atoms with Crippen molar-refractivity contribution in [3.8, 4) is 11.5 Å². The second kappa shape index (κ2) is 6.16. The summed E-state index contributed by atoms with van der Waals surface area (Å²) in [5.41, 5.74) is 0. The summed E-state index contributed by atoms with van der Waals surface area (Å²) in [7, 11) is 0. The molecule has 1 unspecified atom stereocenters. The molecule has 0 N–H and O–H groups in total. The molecule has 5 heteroatoms. The number of fused-ring (bicyclic) bond motifs is 1. The van der Waals surface area contributed by atoms with Crippen molar-refractivity contribution in [3.05, 3.63) is 35.9 Å². The van der Waals surface area contributed by atoms with E-state index in [9.17, 15) is 0 Å². The average molecular weight is 287 g/mol. The molecule has 0 radical (unpaired) electrons. The van der Waals surface area contributed by atoms with Gasteiger partial charge in [-0.25, -0.2) is 0 Å². The highest BCUT2D eigenvalue weighted by Crippen LogP contribution is 2.25. The van der Waals surface area contributed by atoms with Crippen molar-refractivity contribution < 1.29 is 9.47 Å². The number of ether oxygens (including phenoxy) is 2. The fraction of sp³-hybridized carbons (Fsp3) is 0.500. The minimum Gasteiger partial charge on any atom is -0.494 e. The van der Waals surface area contributed by atoms with Crippen molar-refractivity contribution >= 4 is 0 Å². The molecule has 1 aliphatic heterocycles. The Kier molecular flexibility index (Phi) is 4.08. The number of aromatic nitrogens is 3. The molecular formula is C16H21N3O2. The number of aryl methyl sites for hydroxylation is 1. The first-order chi connectivity index (χ1) is 10.3. The Labute approximate surface area is 124 Å². The lowest BCUT2D eigenvalue weighted by molar-refractivity contribution is 0.208. The number of benzene rings is 1. The predicted octanol–water partition coefficient (Wildman–Crippen LogP) is 3.15. The average Bonchev–Trinajstić information content (AvgIpc) is 2.93. The van der Waals surface area contributed by atoms with Gasteiger partial charge in [0.1, 0.15) is 17.3 Å². The fourth-order valence-electron chi connectivity index (χ4n) is 2.67. The van der Waals surface area contributed by atoms with E-state index >= 15 is 0 Å². The van der Waals surface area contributed by atoms with Crippen LogP contribution in [-0.2, 0) is 13.0 Å². The molecule has 3 rings (SSSR count). The maximum absolute atomic E-state index is 5.98. The normalized spacial score (nSPS) is 15.3. The van der Waals surface area contributed by atoms with Crippen LogP contribution in [0.3, 0.4) is 0 Å². The van der Waals surface area contributed by atoms with Gasteiger partial charge in [-0.1, -0.05) is 0 Å². The molecular weight excluding hydrogens is 266 g/mol. The molecule has 0 fully saturated rings. The molecule has 0 saturated heterocycles. The second-order valence-electron chi connectivity index (χ2n) is 5.25. The summed E-state index contributed by atoms with van der Waals surface area (Å²) in [5.74, 6) is 3.67. The van der Waals surface area contributed by atoms with Crippen LogP contribution in [0.2, 0.25) is 0 Å². The summed E-state index contributed by atoms with van der Waals surface area (Å²) in [6, 6.07) is 7.69. The van der Waals surface area contributed by atoms with Crippen molar-refractivity contribution in [2.24, 2.45) is 0 Å². The number of hydrogen-bond acceptors (Lipinski definition) is 4. The first kappa shape index (κ1) is 13.9. The van der Waals surface area contributed by atoms with Crippen molar-refractivity contribution in [1.82, 2.24) is 14.8 Å². The molecule has 0 saturated carbocycles. The van der Waals surface area contributed by atoms with E-state index in [1.54, 1.807) is 0 Å². The van der Waals surface area contributed by atoms with Crippen LogP contribution in [0, 0.1) is 0 Å². The summed E-state index contributed by atoms with van der Waals surface area (Å²) >= 11 is 0. The zero-order chi connectivity index (χ0) is 14.7. The van der Waals surface area contributed by atoms with Crippen LogP contribution in [0.25, 0.3) is 0 Å². The molecule has 1 aromatic heterocycles. The molecule has 5 nitrogen and oxygen atoms in total. The molecule has 0 bridgehead atoms. The Morgan fingerprint density at radius 2 is 1.90 bits per heavy atom. The number of hydrogen-bond donors (Lipinski definition) is 0. The zero-order valence-electron chi connectivity index (χ0n) is 12.6. The van der Waals surface area contributed by atoms with E-state index < -0.39 is 0 Å². The third-order valence-corrected chi connectivity index (χ3v) is 3.70. The van der Waals surface area contributed by atoms with Gasteiger partial charge in [0, 0.05) is 13.0 Å². The molecule has 0 amide bonds. The molecule has 1 aliphatic rings. The molecule has 2 heterocycles. The van der Waals surface area contributed by atoms with Gasteiger partial charge in [-0.3, -0.25) is 0 Å². The van der Waals surface area contributed by atoms with Crippen LogP contribution < -0.4 is 9.47 Å². The molecule has 1 aromatic carbocycles. The molecule has 112 valence electrons. The van der Waals surface area contributed by atoms with Crippen LogP contribution in [0.5, 0.6) is 11.5 Å². The Morgan fingerprint density at radius 1 is 1.14 bits per heavy atom. The van der Waals surface area contributed by atoms with Crippen LogP contribution >= 0.6 is 0 Å². The lowest BCUT2D eigenvalue weighted by Crippen LogP contribution is -2.17. The highest BCUT2D eigenvalue weighted by Gasteiger charge is 2.21. The van der Waals surface area contributed by atoms with Crippen LogP contribution in [0.4, 0.5) is 0 Å². The maximum Gasteiger partial charge on any atom is 0.173 e. The largest absolute Gasteiger partial charge is 0.494 e. The van der Waals surface area contributed by atoms with Gasteiger partial charge in [0.15, 0.2) is 11.9 Å². The van der Waals surface area contributed by atoms with Gasteiger partial charge < -0.3 is 14.0 Å². The lowest BCUT2D eigenvalue weighted by Gasteiger charge is -2.19. The number of nitrogens with zero attached hydrogens (tertiary/aromatic N) is 3. The van der Waals surface area contributed by atoms with Gasteiger partial charge in [0.05, 0.1) is 6.61 Å². The first-order valence-corrected chi connectivity index (χ1v) is 7.59. The second-order valence-corrected chi connectivity index (χ2v) is 5.25. The quantitative estimate of drug-likeness (QED) is 0.847.